The van der Waals surface area contributed by atoms with Crippen molar-refractivity contribution in [1.82, 2.24) is 5.32 Å². The van der Waals surface area contributed by atoms with Crippen molar-refractivity contribution >= 4 is 29.3 Å². The average Bonchev–Trinajstić information content (AvgIpc) is 3.19. The van der Waals surface area contributed by atoms with E-state index in [1.54, 1.807) is 25.1 Å². The van der Waals surface area contributed by atoms with Crippen LogP contribution >= 0.6 is 11.6 Å². The summed E-state index contributed by atoms with van der Waals surface area (Å²) in [7, 11) is 0. The Morgan fingerprint density at radius 2 is 2.05 bits per heavy atom. The number of carboxylic acids is 1. The van der Waals surface area contributed by atoms with E-state index in [1.807, 2.05) is 0 Å². The smallest absolute Gasteiger partial charge is 0.329 e. The molecule has 1 atom stereocenters. The summed E-state index contributed by atoms with van der Waals surface area (Å²) < 4.78 is 0. The highest BCUT2D eigenvalue weighted by Gasteiger charge is 2.48. The van der Waals surface area contributed by atoms with Crippen molar-refractivity contribution in [2.75, 3.05) is 5.32 Å². The Labute approximate surface area is 122 Å². The van der Waals surface area contributed by atoms with E-state index in [9.17, 15) is 14.7 Å². The van der Waals surface area contributed by atoms with E-state index in [0.29, 0.717) is 10.7 Å². The van der Waals surface area contributed by atoms with Gasteiger partial charge in [-0.15, -0.1) is 0 Å². The van der Waals surface area contributed by atoms with Crippen molar-refractivity contribution in [2.45, 2.75) is 32.2 Å². The van der Waals surface area contributed by atoms with Crippen LogP contribution in [-0.2, 0) is 4.79 Å². The maximum absolute atomic E-state index is 12.0. The number of anilines is 1. The highest BCUT2D eigenvalue weighted by atomic mass is 35.5. The number of hydrogen-bond acceptors (Lipinski definition) is 2. The Balaban J connectivity index is 2.09. The standard InChI is InChI=1S/C14H17ClN2O3/c1-8-10(15)4-3-5-11(8)16-13(20)17-14(2,12(18)19)9-6-7-9/h3-5,9H,6-7H2,1-2H3,(H,18,19)(H2,16,17,20). The molecular weight excluding hydrogens is 280 g/mol. The Morgan fingerprint density at radius 1 is 1.40 bits per heavy atom. The van der Waals surface area contributed by atoms with Gasteiger partial charge in [0, 0.05) is 10.7 Å². The molecule has 1 aromatic carbocycles. The van der Waals surface area contributed by atoms with Gasteiger partial charge < -0.3 is 15.7 Å². The summed E-state index contributed by atoms with van der Waals surface area (Å²) in [5.41, 5.74) is 0.0858. The topological polar surface area (TPSA) is 78.4 Å². The molecule has 0 bridgehead atoms. The lowest BCUT2D eigenvalue weighted by Gasteiger charge is -2.26. The van der Waals surface area contributed by atoms with Crippen molar-refractivity contribution in [2.24, 2.45) is 5.92 Å². The third-order valence-electron chi connectivity index (χ3n) is 3.73. The summed E-state index contributed by atoms with van der Waals surface area (Å²) in [6.07, 6.45) is 1.64. The fourth-order valence-electron chi connectivity index (χ4n) is 2.12. The summed E-state index contributed by atoms with van der Waals surface area (Å²) in [5.74, 6) is -1.02. The minimum Gasteiger partial charge on any atom is -0.480 e. The van der Waals surface area contributed by atoms with E-state index < -0.39 is 17.5 Å². The van der Waals surface area contributed by atoms with E-state index >= 15 is 0 Å². The lowest BCUT2D eigenvalue weighted by Crippen LogP contribution is -2.55. The van der Waals surface area contributed by atoms with Gasteiger partial charge in [-0.25, -0.2) is 9.59 Å². The minimum atomic E-state index is -1.23. The lowest BCUT2D eigenvalue weighted by molar-refractivity contribution is -0.144. The number of urea groups is 1. The largest absolute Gasteiger partial charge is 0.480 e. The Morgan fingerprint density at radius 3 is 2.60 bits per heavy atom. The molecule has 1 aliphatic carbocycles. The normalized spacial score (nSPS) is 17.1. The van der Waals surface area contributed by atoms with Crippen LogP contribution < -0.4 is 10.6 Å². The molecule has 2 rings (SSSR count). The maximum atomic E-state index is 12.0. The fourth-order valence-corrected chi connectivity index (χ4v) is 2.30. The number of carbonyl (C=O) groups is 2. The van der Waals surface area contributed by atoms with Gasteiger partial charge in [0.05, 0.1) is 0 Å². The summed E-state index contributed by atoms with van der Waals surface area (Å²) >= 11 is 5.98. The van der Waals surface area contributed by atoms with Gasteiger partial charge in [-0.3, -0.25) is 0 Å². The van der Waals surface area contributed by atoms with Crippen LogP contribution in [0.4, 0.5) is 10.5 Å². The Bertz CT molecular complexity index is 557. The SMILES string of the molecule is Cc1c(Cl)cccc1NC(=O)NC(C)(C(=O)O)C1CC1. The zero-order valence-electron chi connectivity index (χ0n) is 11.4. The molecule has 2 amide bonds. The van der Waals surface area contributed by atoms with Crippen molar-refractivity contribution in [3.8, 4) is 0 Å². The van der Waals surface area contributed by atoms with Crippen molar-refractivity contribution in [3.63, 3.8) is 0 Å². The van der Waals surface area contributed by atoms with Gasteiger partial charge in [-0.05, 0) is 50.3 Å². The zero-order valence-corrected chi connectivity index (χ0v) is 12.1. The molecule has 3 N–H and O–H groups in total. The number of carboxylic acid groups (broad SMARTS) is 1. The monoisotopic (exact) mass is 296 g/mol. The molecule has 1 unspecified atom stereocenters. The number of halogens is 1. The first-order chi connectivity index (χ1) is 9.34. The van der Waals surface area contributed by atoms with Gasteiger partial charge in [-0.1, -0.05) is 17.7 Å². The van der Waals surface area contributed by atoms with Gasteiger partial charge in [0.15, 0.2) is 0 Å². The van der Waals surface area contributed by atoms with Gasteiger partial charge in [-0.2, -0.15) is 0 Å². The van der Waals surface area contributed by atoms with Crippen LogP contribution in [0.5, 0.6) is 0 Å². The number of nitrogens with one attached hydrogen (secondary N) is 2. The molecule has 1 aromatic rings. The molecule has 5 nitrogen and oxygen atoms in total. The third kappa shape index (κ3) is 2.88. The second-order valence-corrected chi connectivity index (χ2v) is 5.68. The van der Waals surface area contributed by atoms with E-state index in [1.165, 1.54) is 6.92 Å². The van der Waals surface area contributed by atoms with Gasteiger partial charge in [0.1, 0.15) is 5.54 Å². The summed E-state index contributed by atoms with van der Waals surface area (Å²) in [6.45, 7) is 3.33. The molecule has 1 aliphatic rings. The van der Waals surface area contributed by atoms with Gasteiger partial charge in [0.25, 0.3) is 0 Å². The molecule has 0 saturated heterocycles. The number of aliphatic carboxylic acids is 1. The lowest BCUT2D eigenvalue weighted by atomic mass is 9.96. The fraction of sp³-hybridized carbons (Fsp3) is 0.429. The van der Waals surface area contributed by atoms with E-state index in [2.05, 4.69) is 10.6 Å². The first-order valence-corrected chi connectivity index (χ1v) is 6.80. The van der Waals surface area contributed by atoms with E-state index in [-0.39, 0.29) is 5.92 Å². The molecule has 0 aromatic heterocycles. The van der Waals surface area contributed by atoms with Crippen molar-refractivity contribution in [1.29, 1.82) is 0 Å². The number of amides is 2. The van der Waals surface area contributed by atoms with Gasteiger partial charge >= 0.3 is 12.0 Å². The van der Waals surface area contributed by atoms with E-state index in [4.69, 9.17) is 11.6 Å². The number of hydrogen-bond donors (Lipinski definition) is 3. The number of rotatable bonds is 4. The molecular formula is C14H17ClN2O3. The third-order valence-corrected chi connectivity index (χ3v) is 4.14. The molecule has 0 radical (unpaired) electrons. The van der Waals surface area contributed by atoms with Crippen LogP contribution in [0.2, 0.25) is 5.02 Å². The summed E-state index contributed by atoms with van der Waals surface area (Å²) in [5, 5.41) is 15.0. The van der Waals surface area contributed by atoms with Crippen LogP contribution in [0.15, 0.2) is 18.2 Å². The minimum absolute atomic E-state index is 0.00814. The van der Waals surface area contributed by atoms with Crippen LogP contribution in [0.3, 0.4) is 0 Å². The number of carbonyl (C=O) groups excluding carboxylic acids is 1. The Hall–Kier alpha value is -1.75. The molecule has 1 fully saturated rings. The molecule has 6 heteroatoms. The Kier molecular flexibility index (Phi) is 3.90. The van der Waals surface area contributed by atoms with Crippen LogP contribution in [0.25, 0.3) is 0 Å². The predicted molar refractivity (Wildman–Crippen MR) is 77.1 cm³/mol. The van der Waals surface area contributed by atoms with Crippen molar-refractivity contribution in [3.05, 3.63) is 28.8 Å². The highest BCUT2D eigenvalue weighted by molar-refractivity contribution is 6.31. The van der Waals surface area contributed by atoms with Crippen LogP contribution in [0.1, 0.15) is 25.3 Å². The second kappa shape index (κ2) is 5.32. The first-order valence-electron chi connectivity index (χ1n) is 6.42. The maximum Gasteiger partial charge on any atom is 0.329 e. The zero-order chi connectivity index (χ0) is 14.9. The summed E-state index contributed by atoms with van der Waals surface area (Å²) in [4.78, 5) is 23.3. The quantitative estimate of drug-likeness (QED) is 0.799. The molecule has 0 heterocycles. The number of benzene rings is 1. The van der Waals surface area contributed by atoms with E-state index in [0.717, 1.165) is 18.4 Å². The molecule has 0 spiro atoms. The van der Waals surface area contributed by atoms with Gasteiger partial charge in [0.2, 0.25) is 0 Å². The van der Waals surface area contributed by atoms with Crippen molar-refractivity contribution < 1.29 is 14.7 Å². The second-order valence-electron chi connectivity index (χ2n) is 5.27. The molecule has 20 heavy (non-hydrogen) atoms. The average molecular weight is 297 g/mol. The van der Waals surface area contributed by atoms with Crippen LogP contribution in [0, 0.1) is 12.8 Å². The molecule has 108 valence electrons. The highest BCUT2D eigenvalue weighted by Crippen LogP contribution is 2.39. The molecule has 0 aliphatic heterocycles. The summed E-state index contributed by atoms with van der Waals surface area (Å²) in [6, 6.07) is 4.64. The molecule has 1 saturated carbocycles. The van der Waals surface area contributed by atoms with Crippen LogP contribution in [-0.4, -0.2) is 22.6 Å². The predicted octanol–water partition coefficient (Wildman–Crippen LogP) is 3.02. The first kappa shape index (κ1) is 14.7.